The molecule has 0 spiro atoms. The number of carbonyl (C=O) groups excluding carboxylic acids is 1. The molecule has 0 aromatic heterocycles. The number of ether oxygens (including phenoxy) is 1. The highest BCUT2D eigenvalue weighted by Gasteiger charge is 2.51. The van der Waals surface area contributed by atoms with Gasteiger partial charge in [-0.15, -0.1) is 0 Å². The van der Waals surface area contributed by atoms with Crippen molar-refractivity contribution in [3.63, 3.8) is 0 Å². The Morgan fingerprint density at radius 2 is 1.67 bits per heavy atom. The van der Waals surface area contributed by atoms with Gasteiger partial charge in [0.05, 0.1) is 11.5 Å². The summed E-state index contributed by atoms with van der Waals surface area (Å²) in [7, 11) is -4.36. The molecule has 0 aliphatic carbocycles. The van der Waals surface area contributed by atoms with Crippen LogP contribution in [0.3, 0.4) is 0 Å². The summed E-state index contributed by atoms with van der Waals surface area (Å²) in [5.41, 5.74) is 0.790. The first kappa shape index (κ1) is 21.9. The Bertz CT molecular complexity index is 1160. The second-order valence-corrected chi connectivity index (χ2v) is 8.49. The van der Waals surface area contributed by atoms with Crippen molar-refractivity contribution < 1.29 is 26.7 Å². The Morgan fingerprint density at radius 1 is 1.03 bits per heavy atom. The quantitative estimate of drug-likeness (QED) is 0.562. The SMILES string of the molecule is CCOC(=O)C(F)(F)C(NS(=O)(=O)c1ccc(C)cc1)c1cccc2ccccc12. The third kappa shape index (κ3) is 4.34. The molecule has 5 nitrogen and oxygen atoms in total. The van der Waals surface area contributed by atoms with E-state index in [9.17, 15) is 13.2 Å². The molecule has 0 heterocycles. The van der Waals surface area contributed by atoms with Gasteiger partial charge in [-0.3, -0.25) is 0 Å². The number of esters is 1. The second kappa shape index (κ2) is 8.49. The molecule has 0 aliphatic heterocycles. The van der Waals surface area contributed by atoms with E-state index in [1.165, 1.54) is 31.2 Å². The van der Waals surface area contributed by atoms with Crippen LogP contribution in [0, 0.1) is 6.92 Å². The summed E-state index contributed by atoms with van der Waals surface area (Å²) in [5.74, 6) is -5.94. The third-order valence-corrected chi connectivity index (χ3v) is 6.09. The molecule has 0 fully saturated rings. The van der Waals surface area contributed by atoms with E-state index < -0.39 is 28.0 Å². The van der Waals surface area contributed by atoms with Crippen LogP contribution < -0.4 is 4.72 Å². The smallest absolute Gasteiger partial charge is 0.379 e. The first-order valence-electron chi connectivity index (χ1n) is 9.28. The Balaban J connectivity index is 2.15. The topological polar surface area (TPSA) is 72.5 Å². The predicted molar refractivity (Wildman–Crippen MR) is 110 cm³/mol. The van der Waals surface area contributed by atoms with Crippen molar-refractivity contribution in [2.75, 3.05) is 6.61 Å². The Labute approximate surface area is 173 Å². The average Bonchev–Trinajstić information content (AvgIpc) is 2.72. The molecule has 3 aromatic rings. The lowest BCUT2D eigenvalue weighted by atomic mass is 9.95. The van der Waals surface area contributed by atoms with Gasteiger partial charge in [-0.05, 0) is 42.3 Å². The fraction of sp³-hybridized carbons (Fsp3) is 0.227. The number of nitrogens with one attached hydrogen (secondary N) is 1. The molecule has 8 heteroatoms. The van der Waals surface area contributed by atoms with Gasteiger partial charge in [0.25, 0.3) is 0 Å². The van der Waals surface area contributed by atoms with E-state index in [2.05, 4.69) is 4.74 Å². The van der Waals surface area contributed by atoms with Gasteiger partial charge in [-0.25, -0.2) is 13.2 Å². The minimum absolute atomic E-state index is 0.0261. The number of rotatable bonds is 7. The van der Waals surface area contributed by atoms with E-state index in [1.54, 1.807) is 49.4 Å². The molecule has 0 radical (unpaired) electrons. The number of aryl methyl sites for hydroxylation is 1. The molecular formula is C22H21F2NO4S. The third-order valence-electron chi connectivity index (χ3n) is 4.65. The van der Waals surface area contributed by atoms with Crippen molar-refractivity contribution in [3.05, 3.63) is 77.9 Å². The largest absolute Gasteiger partial charge is 0.462 e. The van der Waals surface area contributed by atoms with Crippen LogP contribution in [-0.2, 0) is 19.6 Å². The van der Waals surface area contributed by atoms with Crippen molar-refractivity contribution in [2.45, 2.75) is 30.7 Å². The molecular weight excluding hydrogens is 412 g/mol. The zero-order valence-electron chi connectivity index (χ0n) is 16.4. The maximum Gasteiger partial charge on any atom is 0.379 e. The number of halogens is 2. The van der Waals surface area contributed by atoms with Crippen LogP contribution in [0.2, 0.25) is 0 Å². The molecule has 0 saturated heterocycles. The molecule has 30 heavy (non-hydrogen) atoms. The highest BCUT2D eigenvalue weighted by molar-refractivity contribution is 7.89. The maximum absolute atomic E-state index is 15.2. The molecule has 0 aliphatic rings. The monoisotopic (exact) mass is 433 g/mol. The number of benzene rings is 3. The second-order valence-electron chi connectivity index (χ2n) is 6.78. The standard InChI is InChI=1S/C22H21F2NO4S/c1-3-29-21(26)22(23,24)20(19-10-6-8-16-7-4-5-9-18(16)19)25-30(27,28)17-13-11-15(2)12-14-17/h4-14,20,25H,3H2,1-2H3. The molecule has 1 unspecified atom stereocenters. The van der Waals surface area contributed by atoms with Crippen molar-refractivity contribution >= 4 is 26.8 Å². The maximum atomic E-state index is 15.2. The summed E-state index contributed by atoms with van der Waals surface area (Å²) in [4.78, 5) is 11.9. The molecule has 1 N–H and O–H groups in total. The molecule has 0 bridgehead atoms. The van der Waals surface area contributed by atoms with Crippen LogP contribution in [0.15, 0.2) is 71.6 Å². The molecule has 0 amide bonds. The summed E-state index contributed by atoms with van der Waals surface area (Å²) in [6, 6.07) is 14.9. The minimum Gasteiger partial charge on any atom is -0.462 e. The van der Waals surface area contributed by atoms with Gasteiger partial charge >= 0.3 is 11.9 Å². The lowest BCUT2D eigenvalue weighted by Gasteiger charge is -2.27. The number of hydrogen-bond acceptors (Lipinski definition) is 4. The van der Waals surface area contributed by atoms with Gasteiger partial charge < -0.3 is 4.74 Å². The lowest BCUT2D eigenvalue weighted by Crippen LogP contribution is -2.46. The fourth-order valence-electron chi connectivity index (χ4n) is 3.12. The number of alkyl halides is 2. The molecule has 1 atom stereocenters. The van der Waals surface area contributed by atoms with Crippen molar-refractivity contribution in [1.29, 1.82) is 0 Å². The summed E-state index contributed by atoms with van der Waals surface area (Å²) >= 11 is 0. The zero-order chi connectivity index (χ0) is 21.9. The Morgan fingerprint density at radius 3 is 2.33 bits per heavy atom. The average molecular weight is 433 g/mol. The number of carbonyl (C=O) groups is 1. The van der Waals surface area contributed by atoms with E-state index in [0.29, 0.717) is 10.8 Å². The van der Waals surface area contributed by atoms with Crippen LogP contribution >= 0.6 is 0 Å². The van der Waals surface area contributed by atoms with Gasteiger partial charge in [0.1, 0.15) is 6.04 Å². The first-order valence-corrected chi connectivity index (χ1v) is 10.8. The van der Waals surface area contributed by atoms with E-state index in [4.69, 9.17) is 0 Å². The van der Waals surface area contributed by atoms with Crippen LogP contribution in [0.1, 0.15) is 24.1 Å². The van der Waals surface area contributed by atoms with Gasteiger partial charge in [0.2, 0.25) is 10.0 Å². The van der Waals surface area contributed by atoms with E-state index >= 15 is 8.78 Å². The van der Waals surface area contributed by atoms with Gasteiger partial charge in [0.15, 0.2) is 0 Å². The van der Waals surface area contributed by atoms with Gasteiger partial charge in [0, 0.05) is 0 Å². The van der Waals surface area contributed by atoms with Crippen molar-refractivity contribution in [1.82, 2.24) is 4.72 Å². The molecule has 0 saturated carbocycles. The zero-order valence-corrected chi connectivity index (χ0v) is 17.2. The van der Waals surface area contributed by atoms with Crippen molar-refractivity contribution in [2.24, 2.45) is 0 Å². The van der Waals surface area contributed by atoms with E-state index in [-0.39, 0.29) is 17.1 Å². The van der Waals surface area contributed by atoms with Crippen LogP contribution in [-0.4, -0.2) is 26.9 Å². The van der Waals surface area contributed by atoms with Crippen LogP contribution in [0.4, 0.5) is 8.78 Å². The lowest BCUT2D eigenvalue weighted by molar-refractivity contribution is -0.175. The summed E-state index contributed by atoms with van der Waals surface area (Å²) in [6.07, 6.45) is 0. The number of hydrogen-bond donors (Lipinski definition) is 1. The Kier molecular flexibility index (Phi) is 6.19. The van der Waals surface area contributed by atoms with Crippen LogP contribution in [0.25, 0.3) is 10.8 Å². The van der Waals surface area contributed by atoms with Crippen LogP contribution in [0.5, 0.6) is 0 Å². The number of sulfonamides is 1. The summed E-state index contributed by atoms with van der Waals surface area (Å²) in [5, 5.41) is 1.04. The van der Waals surface area contributed by atoms with Gasteiger partial charge in [-0.1, -0.05) is 60.2 Å². The Hall–Kier alpha value is -2.84. The normalized spacial score (nSPS) is 13.2. The van der Waals surface area contributed by atoms with E-state index in [1.807, 2.05) is 4.72 Å². The molecule has 3 aromatic carbocycles. The van der Waals surface area contributed by atoms with E-state index in [0.717, 1.165) is 5.56 Å². The molecule has 3 rings (SSSR count). The number of fused-ring (bicyclic) bond motifs is 1. The summed E-state index contributed by atoms with van der Waals surface area (Å²) < 4.78 is 62.7. The molecule has 158 valence electrons. The highest BCUT2D eigenvalue weighted by atomic mass is 32.2. The predicted octanol–water partition coefficient (Wildman–Crippen LogP) is 4.37. The van der Waals surface area contributed by atoms with Gasteiger partial charge in [-0.2, -0.15) is 13.5 Å². The highest BCUT2D eigenvalue weighted by Crippen LogP contribution is 2.37. The summed E-state index contributed by atoms with van der Waals surface area (Å²) in [6.45, 7) is 2.91. The van der Waals surface area contributed by atoms with Crippen molar-refractivity contribution in [3.8, 4) is 0 Å². The fourth-order valence-corrected chi connectivity index (χ4v) is 4.34. The minimum atomic E-state index is -4.36. The first-order chi connectivity index (χ1) is 14.2.